The van der Waals surface area contributed by atoms with Crippen LogP contribution in [0.4, 0.5) is 22.7 Å². The average Bonchev–Trinajstić information content (AvgIpc) is 3.28. The van der Waals surface area contributed by atoms with Crippen LogP contribution in [-0.2, 0) is 0 Å². The van der Waals surface area contributed by atoms with E-state index in [2.05, 4.69) is 75.9 Å². The van der Waals surface area contributed by atoms with E-state index < -0.39 is 0 Å². The van der Waals surface area contributed by atoms with E-state index in [0.717, 1.165) is 53.2 Å². The molecule has 0 aliphatic carbocycles. The molecule has 0 radical (unpaired) electrons. The second-order valence-corrected chi connectivity index (χ2v) is 10.2. The Morgan fingerprint density at radius 3 is 2.62 bits per heavy atom. The highest BCUT2D eigenvalue weighted by Gasteiger charge is 2.25. The van der Waals surface area contributed by atoms with Crippen molar-refractivity contribution in [2.24, 2.45) is 4.99 Å². The lowest BCUT2D eigenvalue weighted by atomic mass is 10.2. The number of hydrogen-bond acceptors (Lipinski definition) is 8. The van der Waals surface area contributed by atoms with Crippen LogP contribution in [0, 0.1) is 0 Å². The Labute approximate surface area is 197 Å². The van der Waals surface area contributed by atoms with Crippen molar-refractivity contribution in [3.8, 4) is 0 Å². The molecular weight excluding hydrogens is 436 g/mol. The maximum absolute atomic E-state index is 5.99. The molecule has 32 heavy (non-hydrogen) atoms. The van der Waals surface area contributed by atoms with E-state index in [1.807, 2.05) is 18.2 Å². The largest absolute Gasteiger partial charge is 0.399 e. The summed E-state index contributed by atoms with van der Waals surface area (Å²) in [6, 6.07) is 18.9. The van der Waals surface area contributed by atoms with Gasteiger partial charge in [0.15, 0.2) is 6.29 Å². The number of likely N-dealkylation sites (N-methyl/N-ethyl adjacent to an activating group) is 1. The molecule has 2 aliphatic rings. The maximum Gasteiger partial charge on any atom is 0.197 e. The van der Waals surface area contributed by atoms with Crippen LogP contribution < -0.4 is 20.9 Å². The van der Waals surface area contributed by atoms with Crippen LogP contribution in [-0.4, -0.2) is 56.5 Å². The predicted molar refractivity (Wildman–Crippen MR) is 140 cm³/mol. The zero-order chi connectivity index (χ0) is 22.1. The van der Waals surface area contributed by atoms with Crippen LogP contribution in [0.3, 0.4) is 0 Å². The number of benzene rings is 2. The first-order valence-electron chi connectivity index (χ1n) is 10.8. The summed E-state index contributed by atoms with van der Waals surface area (Å²) in [6.07, 6.45) is -0.171. The number of hydrogen-bond donors (Lipinski definition) is 2. The number of nitrogens with zero attached hydrogens (tertiary/aromatic N) is 4. The predicted octanol–water partition coefficient (Wildman–Crippen LogP) is 4.47. The summed E-state index contributed by atoms with van der Waals surface area (Å²) in [4.78, 5) is 14.4. The van der Waals surface area contributed by atoms with Crippen molar-refractivity contribution < 1.29 is 0 Å². The van der Waals surface area contributed by atoms with Crippen LogP contribution in [0.5, 0.6) is 0 Å². The fourth-order valence-corrected chi connectivity index (χ4v) is 5.92. The number of aliphatic imine (C=N–C) groups is 1. The first-order valence-corrected chi connectivity index (χ1v) is 12.5. The van der Waals surface area contributed by atoms with Crippen LogP contribution >= 0.6 is 23.1 Å². The summed E-state index contributed by atoms with van der Waals surface area (Å²) in [6.45, 7) is 4.37. The highest BCUT2D eigenvalue weighted by Crippen LogP contribution is 2.36. The summed E-state index contributed by atoms with van der Waals surface area (Å²) in [5.41, 5.74) is 10.3. The molecule has 0 amide bonds. The lowest BCUT2D eigenvalue weighted by molar-refractivity contribution is 0.313. The molecule has 3 N–H and O–H groups in total. The van der Waals surface area contributed by atoms with Gasteiger partial charge in [0.25, 0.3) is 0 Å². The smallest absolute Gasteiger partial charge is 0.197 e. The molecule has 8 heteroatoms. The third-order valence-corrected chi connectivity index (χ3v) is 7.99. The number of thioether (sulfide) groups is 1. The topological polar surface area (TPSA) is 60.1 Å². The minimum absolute atomic E-state index is 0.171. The molecule has 2 aliphatic heterocycles. The lowest BCUT2D eigenvalue weighted by Gasteiger charge is -2.35. The van der Waals surface area contributed by atoms with Gasteiger partial charge in [0.05, 0.1) is 10.6 Å². The average molecular weight is 465 g/mol. The number of anilines is 4. The van der Waals surface area contributed by atoms with Gasteiger partial charge in [0.2, 0.25) is 0 Å². The van der Waals surface area contributed by atoms with Crippen molar-refractivity contribution in [3.05, 3.63) is 64.9 Å². The molecular formula is C24H28N6S2. The molecule has 0 bridgehead atoms. The Kier molecular flexibility index (Phi) is 5.99. The van der Waals surface area contributed by atoms with Crippen molar-refractivity contribution >= 4 is 50.9 Å². The normalized spacial score (nSPS) is 18.6. The van der Waals surface area contributed by atoms with E-state index in [9.17, 15) is 0 Å². The number of nitrogens with one attached hydrogen (secondary N) is 1. The Hall–Kier alpha value is -2.68. The van der Waals surface area contributed by atoms with Crippen LogP contribution in [0.2, 0.25) is 0 Å². The number of thiophene rings is 1. The van der Waals surface area contributed by atoms with Crippen molar-refractivity contribution in [1.29, 1.82) is 0 Å². The quantitative estimate of drug-likeness (QED) is 0.556. The van der Waals surface area contributed by atoms with Gasteiger partial charge < -0.3 is 25.8 Å². The first kappa shape index (κ1) is 21.2. The van der Waals surface area contributed by atoms with Gasteiger partial charge in [-0.05, 0) is 61.0 Å². The summed E-state index contributed by atoms with van der Waals surface area (Å²) < 4.78 is 0. The zero-order valence-electron chi connectivity index (χ0n) is 18.4. The molecule has 1 fully saturated rings. The maximum atomic E-state index is 5.99. The van der Waals surface area contributed by atoms with E-state index in [4.69, 9.17) is 10.7 Å². The molecule has 6 nitrogen and oxygen atoms in total. The second kappa shape index (κ2) is 9.05. The minimum Gasteiger partial charge on any atom is -0.399 e. The van der Waals surface area contributed by atoms with E-state index in [0.29, 0.717) is 0 Å². The van der Waals surface area contributed by atoms with Gasteiger partial charge in [0, 0.05) is 55.2 Å². The third-order valence-electron chi connectivity index (χ3n) is 5.95. The second-order valence-electron chi connectivity index (χ2n) is 8.21. The lowest BCUT2D eigenvalue weighted by Crippen LogP contribution is -2.44. The van der Waals surface area contributed by atoms with Crippen LogP contribution in [0.25, 0.3) is 0 Å². The summed E-state index contributed by atoms with van der Waals surface area (Å²) in [7, 11) is 4.28. The number of nitrogens with two attached hydrogens (primary N) is 1. The summed E-state index contributed by atoms with van der Waals surface area (Å²) >= 11 is 3.38. The number of fused-ring (bicyclic) bond motifs is 1. The SMILES string of the molecule is CN1CCN(c2ccc(N(C)C3N=C(Sc4cccc(N)c4)c4sccc4N3)cc2)CC1. The molecule has 1 aromatic heterocycles. The molecule has 3 heterocycles. The fraction of sp³-hybridized carbons (Fsp3) is 0.292. The van der Waals surface area contributed by atoms with E-state index >= 15 is 0 Å². The molecule has 166 valence electrons. The Balaban J connectivity index is 1.35. The van der Waals surface area contributed by atoms with Gasteiger partial charge >= 0.3 is 0 Å². The molecule has 0 saturated carbocycles. The van der Waals surface area contributed by atoms with Gasteiger partial charge in [-0.1, -0.05) is 17.8 Å². The Morgan fingerprint density at radius 2 is 1.88 bits per heavy atom. The number of rotatable bonds is 4. The summed E-state index contributed by atoms with van der Waals surface area (Å²) in [5.74, 6) is 0. The molecule has 2 aromatic carbocycles. The third kappa shape index (κ3) is 4.44. The molecule has 0 spiro atoms. The first-order chi connectivity index (χ1) is 15.6. The molecule has 1 unspecified atom stereocenters. The van der Waals surface area contributed by atoms with E-state index in [1.54, 1.807) is 23.1 Å². The number of nitrogen functional groups attached to an aromatic ring is 1. The molecule has 5 rings (SSSR count). The fourth-order valence-electron chi connectivity index (χ4n) is 3.98. The van der Waals surface area contributed by atoms with Crippen molar-refractivity contribution in [1.82, 2.24) is 4.90 Å². The standard InChI is InChI=1S/C24H28N6S2/c1-28-11-13-30(14-12-28)19-8-6-18(7-9-19)29(2)24-26-21-10-15-31-22(21)23(27-24)32-20-5-3-4-17(25)16-20/h3-10,15-16,24,26H,11-14,25H2,1-2H3. The van der Waals surface area contributed by atoms with Gasteiger partial charge in [0.1, 0.15) is 5.04 Å². The van der Waals surface area contributed by atoms with Crippen molar-refractivity contribution in [3.63, 3.8) is 0 Å². The van der Waals surface area contributed by atoms with Crippen LogP contribution in [0.1, 0.15) is 4.88 Å². The van der Waals surface area contributed by atoms with Gasteiger partial charge in [-0.25, -0.2) is 4.99 Å². The molecule has 1 atom stereocenters. The highest BCUT2D eigenvalue weighted by atomic mass is 32.2. The monoisotopic (exact) mass is 464 g/mol. The minimum atomic E-state index is -0.171. The zero-order valence-corrected chi connectivity index (χ0v) is 20.0. The van der Waals surface area contributed by atoms with Crippen LogP contribution in [0.15, 0.2) is 69.9 Å². The molecule has 1 saturated heterocycles. The van der Waals surface area contributed by atoms with Gasteiger partial charge in [-0.2, -0.15) is 0 Å². The van der Waals surface area contributed by atoms with E-state index in [1.165, 1.54) is 10.6 Å². The van der Waals surface area contributed by atoms with Crippen molar-refractivity contribution in [2.45, 2.75) is 11.2 Å². The Morgan fingerprint density at radius 1 is 1.09 bits per heavy atom. The highest BCUT2D eigenvalue weighted by molar-refractivity contribution is 8.14. The van der Waals surface area contributed by atoms with Gasteiger partial charge in [-0.15, -0.1) is 11.3 Å². The van der Waals surface area contributed by atoms with Gasteiger partial charge in [-0.3, -0.25) is 0 Å². The van der Waals surface area contributed by atoms with E-state index in [-0.39, 0.29) is 6.29 Å². The molecule has 3 aromatic rings. The Bertz CT molecular complexity index is 1100. The number of piperazine rings is 1. The van der Waals surface area contributed by atoms with Crippen molar-refractivity contribution in [2.75, 3.05) is 61.1 Å². The summed E-state index contributed by atoms with van der Waals surface area (Å²) in [5, 5.41) is 6.71.